The zero-order valence-corrected chi connectivity index (χ0v) is 18.6. The molecule has 0 saturated heterocycles. The van der Waals surface area contributed by atoms with Crippen LogP contribution in [0.3, 0.4) is 0 Å². The summed E-state index contributed by atoms with van der Waals surface area (Å²) in [6.45, 7) is 0. The number of halogens is 6. The zero-order valence-electron chi connectivity index (χ0n) is 17.8. The van der Waals surface area contributed by atoms with E-state index in [0.717, 1.165) is 0 Å². The van der Waals surface area contributed by atoms with E-state index in [9.17, 15) is 44.8 Å². The maximum absolute atomic E-state index is 14.3. The number of sulfone groups is 1. The topological polar surface area (TPSA) is 123 Å². The van der Waals surface area contributed by atoms with Crippen molar-refractivity contribution >= 4 is 15.7 Å². The fourth-order valence-corrected chi connectivity index (χ4v) is 4.61. The smallest absolute Gasteiger partial charge is 0.335 e. The number of benzene rings is 1. The second kappa shape index (κ2) is 9.80. The number of unbranched alkanes of at least 4 members (excludes halogenated alkanes) is 2. The van der Waals surface area contributed by atoms with E-state index in [2.05, 4.69) is 5.32 Å². The Balaban J connectivity index is 2.66. The largest absolute Gasteiger partial charge is 0.408 e. The second-order valence-electron chi connectivity index (χ2n) is 8.01. The first-order chi connectivity index (χ1) is 15.6. The van der Waals surface area contributed by atoms with E-state index in [1.54, 1.807) is 17.5 Å². The molecule has 0 spiro atoms. The van der Waals surface area contributed by atoms with E-state index < -0.39 is 67.8 Å². The summed E-state index contributed by atoms with van der Waals surface area (Å²) < 4.78 is 109. The highest BCUT2D eigenvalue weighted by atomic mass is 32.2. The first-order valence-corrected chi connectivity index (χ1v) is 11.8. The van der Waals surface area contributed by atoms with Crippen LogP contribution >= 0.6 is 0 Å². The number of nitrogens with one attached hydrogen (secondary N) is 2. The molecule has 7 nitrogen and oxygen atoms in total. The molecule has 0 bridgehead atoms. The van der Waals surface area contributed by atoms with Gasteiger partial charge < -0.3 is 5.32 Å². The summed E-state index contributed by atoms with van der Waals surface area (Å²) in [4.78, 5) is 10.0. The maximum atomic E-state index is 14.3. The van der Waals surface area contributed by atoms with Crippen LogP contribution in [-0.2, 0) is 14.6 Å². The lowest BCUT2D eigenvalue weighted by atomic mass is 10.00. The molecule has 2 N–H and O–H groups in total. The number of amides is 1. The summed E-state index contributed by atoms with van der Waals surface area (Å²) in [5, 5.41) is 21.6. The summed E-state index contributed by atoms with van der Waals surface area (Å²) >= 11 is 0. The molecule has 0 heterocycles. The molecule has 0 radical (unpaired) electrons. The Bertz CT molecular complexity index is 1120. The van der Waals surface area contributed by atoms with Gasteiger partial charge in [0.1, 0.15) is 29.0 Å². The monoisotopic (exact) mass is 510 g/mol. The molecule has 1 aliphatic rings. The van der Waals surface area contributed by atoms with Gasteiger partial charge in [-0.3, -0.25) is 10.1 Å². The van der Waals surface area contributed by atoms with E-state index in [1.165, 1.54) is 0 Å². The van der Waals surface area contributed by atoms with Crippen molar-refractivity contribution in [2.24, 2.45) is 0 Å². The van der Waals surface area contributed by atoms with Crippen molar-refractivity contribution in [2.75, 3.05) is 6.26 Å². The van der Waals surface area contributed by atoms with Gasteiger partial charge in [-0.15, -0.1) is 0 Å². The molecule has 0 unspecified atom stereocenters. The Hall–Kier alpha value is -2.84. The Kier molecular flexibility index (Phi) is 7.90. The van der Waals surface area contributed by atoms with Crippen LogP contribution in [-0.4, -0.2) is 37.2 Å². The molecule has 14 heteroatoms. The van der Waals surface area contributed by atoms with Crippen LogP contribution in [0.5, 0.6) is 0 Å². The van der Waals surface area contributed by atoms with Gasteiger partial charge in [-0.25, -0.2) is 21.6 Å². The minimum absolute atomic E-state index is 0.00206. The van der Waals surface area contributed by atoms with Crippen molar-refractivity contribution in [1.82, 2.24) is 10.6 Å². The zero-order chi connectivity index (χ0) is 25.9. The third kappa shape index (κ3) is 5.80. The van der Waals surface area contributed by atoms with Gasteiger partial charge in [0.2, 0.25) is 4.87 Å². The molecule has 2 atom stereocenters. The molecular weight excluding hydrogens is 490 g/mol. The molecule has 1 aromatic rings. The second-order valence-corrected chi connectivity index (χ2v) is 10.3. The number of carbonyl (C=O) groups excluding carboxylic acids is 1. The highest BCUT2D eigenvalue weighted by Crippen LogP contribution is 2.40. The number of alkyl halides is 3. The van der Waals surface area contributed by atoms with Gasteiger partial charge in [0.15, 0.2) is 9.84 Å². The predicted octanol–water partition coefficient (Wildman–Crippen LogP) is 3.29. The first kappa shape index (κ1) is 27.4. The Morgan fingerprint density at radius 1 is 1.15 bits per heavy atom. The molecular formula is C20H20F6N4O3S. The predicted molar refractivity (Wildman–Crippen MR) is 106 cm³/mol. The van der Waals surface area contributed by atoms with Crippen LogP contribution in [0.15, 0.2) is 12.1 Å². The van der Waals surface area contributed by atoms with Crippen molar-refractivity contribution < 1.29 is 39.6 Å². The molecule has 1 saturated carbocycles. The van der Waals surface area contributed by atoms with Crippen molar-refractivity contribution in [3.63, 3.8) is 0 Å². The van der Waals surface area contributed by atoms with Crippen LogP contribution in [0, 0.1) is 40.1 Å². The van der Waals surface area contributed by atoms with E-state index >= 15 is 0 Å². The molecule has 2 rings (SSSR count). The van der Waals surface area contributed by atoms with Crippen molar-refractivity contribution in [1.29, 1.82) is 10.5 Å². The average Bonchev–Trinajstić information content (AvgIpc) is 3.46. The van der Waals surface area contributed by atoms with Crippen molar-refractivity contribution in [3.05, 3.63) is 35.1 Å². The molecule has 186 valence electrons. The van der Waals surface area contributed by atoms with Gasteiger partial charge in [-0.2, -0.15) is 23.7 Å². The molecule has 1 amide bonds. The minimum atomic E-state index is -5.53. The van der Waals surface area contributed by atoms with Crippen molar-refractivity contribution in [3.8, 4) is 12.1 Å². The number of nitriles is 2. The van der Waals surface area contributed by atoms with Crippen LogP contribution in [0.2, 0.25) is 0 Å². The van der Waals surface area contributed by atoms with E-state index in [1.807, 2.05) is 0 Å². The number of nitrogens with zero attached hydrogens (tertiary/aromatic N) is 2. The molecule has 1 aliphatic carbocycles. The van der Waals surface area contributed by atoms with E-state index in [-0.39, 0.29) is 44.2 Å². The summed E-state index contributed by atoms with van der Waals surface area (Å²) in [6, 6.07) is 0.108. The standard InChI is InChI=1S/C20H20F6N4O3S/c1-34(32,33)19(5-3-2-4-8-27,17(31)30-18(11-28)6-7-18)29-16(20(24,25)26)15-13(22)9-12(21)10-14(15)23/h9-10,16,29H,2-7H2,1H3,(H,30,31)/t16-,19-/m1/s1. The molecule has 0 aromatic heterocycles. The molecule has 0 aliphatic heterocycles. The fourth-order valence-electron chi connectivity index (χ4n) is 3.38. The summed E-state index contributed by atoms with van der Waals surface area (Å²) in [5.74, 6) is -6.92. The Morgan fingerprint density at radius 2 is 1.71 bits per heavy atom. The quantitative estimate of drug-likeness (QED) is 0.368. The normalized spacial score (nSPS) is 17.7. The third-order valence-corrected chi connectivity index (χ3v) is 7.19. The summed E-state index contributed by atoms with van der Waals surface area (Å²) in [5.41, 5.74) is -3.21. The molecule has 1 aromatic carbocycles. The lowest BCUT2D eigenvalue weighted by molar-refractivity contribution is -0.163. The van der Waals surface area contributed by atoms with Gasteiger partial charge in [-0.1, -0.05) is 0 Å². The van der Waals surface area contributed by atoms with Crippen LogP contribution < -0.4 is 10.6 Å². The Labute approximate surface area is 191 Å². The molecule has 1 fully saturated rings. The fraction of sp³-hybridized carbons (Fsp3) is 0.550. The van der Waals surface area contributed by atoms with Crippen molar-refractivity contribution in [2.45, 2.75) is 61.2 Å². The SMILES string of the molecule is CS(=O)(=O)[C@@](CCCCC#N)(N[C@H](c1c(F)cc(F)cc1F)C(F)(F)F)C(=O)NC1(C#N)CC1. The number of rotatable bonds is 10. The lowest BCUT2D eigenvalue weighted by Gasteiger charge is -2.37. The van der Waals surface area contributed by atoms with Crippen LogP contribution in [0.1, 0.15) is 50.1 Å². The van der Waals surface area contributed by atoms with Gasteiger partial charge in [0.25, 0.3) is 5.91 Å². The van der Waals surface area contributed by atoms with Gasteiger partial charge in [0.05, 0.1) is 12.1 Å². The summed E-state index contributed by atoms with van der Waals surface area (Å²) in [6.07, 6.45) is -5.98. The van der Waals surface area contributed by atoms with E-state index in [4.69, 9.17) is 5.26 Å². The average molecular weight is 510 g/mol. The first-order valence-electron chi connectivity index (χ1n) is 9.92. The minimum Gasteiger partial charge on any atom is -0.335 e. The van der Waals surface area contributed by atoms with Gasteiger partial charge >= 0.3 is 6.18 Å². The highest BCUT2D eigenvalue weighted by Gasteiger charge is 2.57. The highest BCUT2D eigenvalue weighted by molar-refractivity contribution is 7.92. The van der Waals surface area contributed by atoms with E-state index in [0.29, 0.717) is 6.26 Å². The number of carbonyl (C=O) groups is 1. The maximum Gasteiger partial charge on any atom is 0.408 e. The Morgan fingerprint density at radius 3 is 2.12 bits per heavy atom. The van der Waals surface area contributed by atoms with Gasteiger partial charge in [-0.05, 0) is 32.1 Å². The third-order valence-electron chi connectivity index (χ3n) is 5.42. The summed E-state index contributed by atoms with van der Waals surface area (Å²) in [7, 11) is -4.80. The molecule has 34 heavy (non-hydrogen) atoms. The van der Waals surface area contributed by atoms with Crippen LogP contribution in [0.4, 0.5) is 26.3 Å². The van der Waals surface area contributed by atoms with Crippen LogP contribution in [0.25, 0.3) is 0 Å². The number of hydrogen-bond donors (Lipinski definition) is 2. The number of hydrogen-bond acceptors (Lipinski definition) is 6. The van der Waals surface area contributed by atoms with Gasteiger partial charge in [0, 0.05) is 30.4 Å². The lowest BCUT2D eigenvalue weighted by Crippen LogP contribution is -2.65.